The lowest BCUT2D eigenvalue weighted by atomic mass is 9.95. The Labute approximate surface area is 252 Å². The molecule has 7 nitrogen and oxygen atoms in total. The fraction of sp³-hybridized carbons (Fsp3) is 0.207. The number of aromatic nitrogens is 1. The molecule has 206 valence electrons. The number of carbonyl (C=O) groups excluding carboxylic acids is 1. The van der Waals surface area contributed by atoms with E-state index in [-0.39, 0.29) is 17.2 Å². The van der Waals surface area contributed by atoms with E-state index in [1.165, 1.54) is 15.9 Å². The predicted molar refractivity (Wildman–Crippen MR) is 160 cm³/mol. The summed E-state index contributed by atoms with van der Waals surface area (Å²) in [6.45, 7) is 5.27. The third kappa shape index (κ3) is 5.43. The molecule has 0 bridgehead atoms. The van der Waals surface area contributed by atoms with E-state index in [1.807, 2.05) is 12.1 Å². The van der Waals surface area contributed by atoms with Crippen LogP contribution in [0.1, 0.15) is 38.1 Å². The molecule has 2 aromatic carbocycles. The molecule has 0 N–H and O–H groups in total. The molecule has 0 unspecified atom stereocenters. The molecule has 2 aromatic heterocycles. The van der Waals surface area contributed by atoms with Gasteiger partial charge in [-0.05, 0) is 69.3 Å². The van der Waals surface area contributed by atoms with E-state index < -0.39 is 12.0 Å². The van der Waals surface area contributed by atoms with Crippen molar-refractivity contribution in [2.45, 2.75) is 32.9 Å². The summed E-state index contributed by atoms with van der Waals surface area (Å²) in [5.41, 5.74) is 1.64. The van der Waals surface area contributed by atoms with Crippen LogP contribution < -0.4 is 19.6 Å². The van der Waals surface area contributed by atoms with Crippen molar-refractivity contribution in [1.29, 1.82) is 0 Å². The van der Waals surface area contributed by atoms with Gasteiger partial charge in [0.25, 0.3) is 5.56 Å². The maximum Gasteiger partial charge on any atom is 0.338 e. The van der Waals surface area contributed by atoms with Crippen LogP contribution in [-0.2, 0) is 9.53 Å². The summed E-state index contributed by atoms with van der Waals surface area (Å²) in [5.74, 6) is 0.925. The predicted octanol–water partition coefficient (Wildman–Crippen LogP) is 6.52. The first-order chi connectivity index (χ1) is 19.1. The van der Waals surface area contributed by atoms with Gasteiger partial charge in [-0.2, -0.15) is 0 Å². The van der Waals surface area contributed by atoms with Gasteiger partial charge in [-0.1, -0.05) is 50.5 Å². The Balaban J connectivity index is 1.68. The first kappa shape index (κ1) is 28.4. The summed E-state index contributed by atoms with van der Waals surface area (Å²) >= 11 is 17.2. The van der Waals surface area contributed by atoms with E-state index in [9.17, 15) is 9.59 Å². The number of rotatable bonds is 6. The second-order valence-electron chi connectivity index (χ2n) is 9.25. The number of hydrogen-bond donors (Lipinski definition) is 0. The first-order valence-corrected chi connectivity index (χ1v) is 14.6. The van der Waals surface area contributed by atoms with E-state index in [1.54, 1.807) is 70.4 Å². The van der Waals surface area contributed by atoms with E-state index in [0.29, 0.717) is 53.5 Å². The minimum atomic E-state index is -0.825. The molecular weight excluding hydrogens is 639 g/mol. The number of fused-ring (bicyclic) bond motifs is 1. The Morgan fingerprint density at radius 2 is 1.95 bits per heavy atom. The highest BCUT2D eigenvalue weighted by Crippen LogP contribution is 2.37. The number of allylic oxidation sites excluding steroid dienone is 1. The zero-order chi connectivity index (χ0) is 28.7. The molecule has 3 heterocycles. The number of ether oxygens (including phenoxy) is 2. The van der Waals surface area contributed by atoms with Crippen LogP contribution in [0.2, 0.25) is 10.0 Å². The fourth-order valence-electron chi connectivity index (χ4n) is 4.46. The average molecular weight is 662 g/mol. The van der Waals surface area contributed by atoms with Crippen LogP contribution in [0.4, 0.5) is 0 Å². The standard InChI is InChI=1S/C29H23BrCl2N2O5S/c1-14(2)38-28(36)25-15(3)33-29-34(26(25)20-11-16(30)5-9-22(20)37-4)27(35)24(40-29)13-18-7-10-23(39-18)19-12-17(31)6-8-21(19)32/h5-14,26H,1-4H3/b24-13-/t26-/m0/s1. The Kier molecular flexibility index (Phi) is 8.10. The van der Waals surface area contributed by atoms with Crippen LogP contribution in [-0.4, -0.2) is 23.8 Å². The molecule has 0 aliphatic carbocycles. The number of hydrogen-bond acceptors (Lipinski definition) is 7. The van der Waals surface area contributed by atoms with Gasteiger partial charge >= 0.3 is 5.97 Å². The number of benzene rings is 2. The molecule has 1 aliphatic rings. The van der Waals surface area contributed by atoms with Crippen molar-refractivity contribution in [1.82, 2.24) is 4.57 Å². The summed E-state index contributed by atoms with van der Waals surface area (Å²) in [5, 5.41) is 1.01. The van der Waals surface area contributed by atoms with Crippen molar-refractivity contribution in [2.75, 3.05) is 7.11 Å². The highest BCUT2D eigenvalue weighted by Gasteiger charge is 2.35. The molecule has 40 heavy (non-hydrogen) atoms. The van der Waals surface area contributed by atoms with E-state index in [4.69, 9.17) is 37.1 Å². The second kappa shape index (κ2) is 11.4. The Morgan fingerprint density at radius 1 is 1.18 bits per heavy atom. The van der Waals surface area contributed by atoms with Crippen LogP contribution in [0.25, 0.3) is 17.4 Å². The summed E-state index contributed by atoms with van der Waals surface area (Å²) in [6, 6.07) is 13.2. The fourth-order valence-corrected chi connectivity index (χ4v) is 6.25. The van der Waals surface area contributed by atoms with Gasteiger partial charge in [0.15, 0.2) is 4.80 Å². The molecule has 0 spiro atoms. The van der Waals surface area contributed by atoms with Gasteiger partial charge in [-0.3, -0.25) is 9.36 Å². The molecule has 0 fully saturated rings. The van der Waals surface area contributed by atoms with Crippen molar-refractivity contribution in [3.8, 4) is 17.1 Å². The Morgan fingerprint density at radius 3 is 2.67 bits per heavy atom. The monoisotopic (exact) mass is 660 g/mol. The molecule has 4 aromatic rings. The van der Waals surface area contributed by atoms with Crippen molar-refractivity contribution in [3.05, 3.63) is 105 Å². The van der Waals surface area contributed by atoms with Crippen LogP contribution in [0.3, 0.4) is 0 Å². The number of thiazole rings is 1. The quantitative estimate of drug-likeness (QED) is 0.220. The molecule has 0 saturated heterocycles. The minimum absolute atomic E-state index is 0.264. The van der Waals surface area contributed by atoms with Crippen LogP contribution in [0.5, 0.6) is 5.75 Å². The highest BCUT2D eigenvalue weighted by molar-refractivity contribution is 9.10. The van der Waals surface area contributed by atoms with Gasteiger partial charge in [0, 0.05) is 26.7 Å². The summed E-state index contributed by atoms with van der Waals surface area (Å²) in [4.78, 5) is 32.3. The molecule has 0 radical (unpaired) electrons. The lowest BCUT2D eigenvalue weighted by Gasteiger charge is -2.26. The number of halogens is 3. The Bertz CT molecular complexity index is 1850. The van der Waals surface area contributed by atoms with Crippen molar-refractivity contribution >= 4 is 62.5 Å². The SMILES string of the molecule is COc1ccc(Br)cc1[C@H]1C(C(=O)OC(C)C)=C(C)N=c2s/c(=C\c3ccc(-c4cc(Cl)ccc4Cl)o3)c(=O)n21. The molecule has 1 aliphatic heterocycles. The molecular formula is C29H23BrCl2N2O5S. The van der Waals surface area contributed by atoms with Crippen molar-refractivity contribution < 1.29 is 18.7 Å². The number of nitrogens with zero attached hydrogens (tertiary/aromatic N) is 2. The maximum atomic E-state index is 13.9. The van der Waals surface area contributed by atoms with E-state index in [2.05, 4.69) is 20.9 Å². The average Bonchev–Trinajstić information content (AvgIpc) is 3.48. The van der Waals surface area contributed by atoms with Crippen LogP contribution in [0, 0.1) is 0 Å². The van der Waals surface area contributed by atoms with Crippen molar-refractivity contribution in [3.63, 3.8) is 0 Å². The smallest absolute Gasteiger partial charge is 0.338 e. The lowest BCUT2D eigenvalue weighted by molar-refractivity contribution is -0.143. The van der Waals surface area contributed by atoms with Crippen LogP contribution in [0.15, 0.2) is 78.5 Å². The highest BCUT2D eigenvalue weighted by atomic mass is 79.9. The zero-order valence-corrected chi connectivity index (χ0v) is 25.7. The number of furan rings is 1. The molecule has 11 heteroatoms. The largest absolute Gasteiger partial charge is 0.496 e. The molecule has 1 atom stereocenters. The third-order valence-electron chi connectivity index (χ3n) is 6.16. The normalized spacial score (nSPS) is 15.3. The zero-order valence-electron chi connectivity index (χ0n) is 21.8. The van der Waals surface area contributed by atoms with Crippen molar-refractivity contribution in [2.24, 2.45) is 4.99 Å². The molecule has 5 rings (SSSR count). The van der Waals surface area contributed by atoms with Gasteiger partial charge in [-0.15, -0.1) is 0 Å². The molecule has 0 amide bonds. The van der Waals surface area contributed by atoms with Gasteiger partial charge < -0.3 is 13.9 Å². The summed E-state index contributed by atoms with van der Waals surface area (Å²) < 4.78 is 19.9. The van der Waals surface area contributed by atoms with Gasteiger partial charge in [0.1, 0.15) is 23.3 Å². The van der Waals surface area contributed by atoms with E-state index >= 15 is 0 Å². The summed E-state index contributed by atoms with van der Waals surface area (Å²) in [7, 11) is 1.54. The van der Waals surface area contributed by atoms with Gasteiger partial charge in [0.2, 0.25) is 0 Å². The summed E-state index contributed by atoms with van der Waals surface area (Å²) in [6.07, 6.45) is 1.29. The number of methoxy groups -OCH3 is 1. The van der Waals surface area contributed by atoms with Crippen LogP contribution >= 0.6 is 50.5 Å². The van der Waals surface area contributed by atoms with E-state index in [0.717, 1.165) is 4.47 Å². The van der Waals surface area contributed by atoms with Gasteiger partial charge in [-0.25, -0.2) is 9.79 Å². The topological polar surface area (TPSA) is 83.0 Å². The number of carbonyl (C=O) groups is 1. The maximum absolute atomic E-state index is 13.9. The third-order valence-corrected chi connectivity index (χ3v) is 8.21. The lowest BCUT2D eigenvalue weighted by Crippen LogP contribution is -2.40. The molecule has 0 saturated carbocycles. The second-order valence-corrected chi connectivity index (χ2v) is 12.0. The number of esters is 1. The first-order valence-electron chi connectivity index (χ1n) is 12.2. The minimum Gasteiger partial charge on any atom is -0.496 e. The Hall–Kier alpha value is -3.11. The van der Waals surface area contributed by atoms with Gasteiger partial charge in [0.05, 0.1) is 34.0 Å².